The summed E-state index contributed by atoms with van der Waals surface area (Å²) in [7, 11) is 0. The minimum atomic E-state index is -4.70. The molecule has 0 aromatic heterocycles. The molecular weight excluding hydrogens is 223 g/mol. The lowest BCUT2D eigenvalue weighted by Gasteiger charge is -2.15. The van der Waals surface area contributed by atoms with E-state index in [1.807, 2.05) is 0 Å². The number of rotatable bonds is 3. The number of aliphatic hydroxyl groups is 1. The summed E-state index contributed by atoms with van der Waals surface area (Å²) in [5.74, 6) is -0.311. The van der Waals surface area contributed by atoms with Crippen LogP contribution in [-0.4, -0.2) is 17.6 Å². The van der Waals surface area contributed by atoms with Gasteiger partial charge in [0.2, 0.25) is 0 Å². The largest absolute Gasteiger partial charge is 0.573 e. The lowest BCUT2D eigenvalue weighted by Crippen LogP contribution is -2.23. The fraction of sp³-hybridized carbons (Fsp3) is 0.400. The van der Waals surface area contributed by atoms with Gasteiger partial charge in [0.25, 0.3) is 0 Å². The van der Waals surface area contributed by atoms with Crippen LogP contribution < -0.4 is 10.5 Å². The highest BCUT2D eigenvalue weighted by molar-refractivity contribution is 5.29. The molecule has 0 unspecified atom stereocenters. The first kappa shape index (κ1) is 12.8. The summed E-state index contributed by atoms with van der Waals surface area (Å²) in [5.41, 5.74) is 6.15. The third-order valence-corrected chi connectivity index (χ3v) is 2.02. The molecule has 90 valence electrons. The normalized spacial score (nSPS) is 15.6. The van der Waals surface area contributed by atoms with Gasteiger partial charge in [0.15, 0.2) is 0 Å². The van der Waals surface area contributed by atoms with Crippen molar-refractivity contribution in [1.29, 1.82) is 0 Å². The molecule has 0 saturated heterocycles. The molecule has 6 heteroatoms. The lowest BCUT2D eigenvalue weighted by molar-refractivity contribution is -0.274. The van der Waals surface area contributed by atoms with E-state index in [0.717, 1.165) is 12.1 Å². The minimum Gasteiger partial charge on any atom is -0.406 e. The molecule has 16 heavy (non-hydrogen) atoms. The van der Waals surface area contributed by atoms with Gasteiger partial charge in [-0.05, 0) is 24.6 Å². The Balaban J connectivity index is 2.76. The van der Waals surface area contributed by atoms with Gasteiger partial charge in [-0.15, -0.1) is 13.2 Å². The number of alkyl halides is 3. The van der Waals surface area contributed by atoms with Crippen LogP contribution in [0.3, 0.4) is 0 Å². The highest BCUT2D eigenvalue weighted by atomic mass is 19.4. The molecule has 0 heterocycles. The number of ether oxygens (including phenoxy) is 1. The quantitative estimate of drug-likeness (QED) is 0.842. The maximum Gasteiger partial charge on any atom is 0.573 e. The van der Waals surface area contributed by atoms with E-state index >= 15 is 0 Å². The Hall–Kier alpha value is -1.27. The maximum atomic E-state index is 11.8. The van der Waals surface area contributed by atoms with Crippen molar-refractivity contribution in [3.8, 4) is 5.75 Å². The SMILES string of the molecule is C[C@@H](O)[C@@H](N)c1ccc(OC(F)(F)F)cc1. The van der Waals surface area contributed by atoms with Crippen LogP contribution in [0, 0.1) is 0 Å². The predicted octanol–water partition coefficient (Wildman–Crippen LogP) is 1.97. The van der Waals surface area contributed by atoms with E-state index in [-0.39, 0.29) is 5.75 Å². The van der Waals surface area contributed by atoms with Crippen LogP contribution in [0.25, 0.3) is 0 Å². The van der Waals surface area contributed by atoms with Gasteiger partial charge in [-0.1, -0.05) is 12.1 Å². The van der Waals surface area contributed by atoms with E-state index in [9.17, 15) is 18.3 Å². The Kier molecular flexibility index (Phi) is 3.77. The maximum absolute atomic E-state index is 11.8. The molecule has 0 aliphatic rings. The van der Waals surface area contributed by atoms with E-state index in [1.165, 1.54) is 19.1 Å². The summed E-state index contributed by atoms with van der Waals surface area (Å²) in [6.45, 7) is 1.50. The summed E-state index contributed by atoms with van der Waals surface area (Å²) in [5, 5.41) is 9.19. The van der Waals surface area contributed by atoms with E-state index in [4.69, 9.17) is 5.73 Å². The van der Waals surface area contributed by atoms with Gasteiger partial charge in [0.05, 0.1) is 12.1 Å². The van der Waals surface area contributed by atoms with Crippen molar-refractivity contribution in [2.24, 2.45) is 5.73 Å². The Labute approximate surface area is 90.6 Å². The first-order valence-electron chi connectivity index (χ1n) is 4.59. The van der Waals surface area contributed by atoms with Crippen molar-refractivity contribution < 1.29 is 23.0 Å². The molecule has 0 fully saturated rings. The van der Waals surface area contributed by atoms with Crippen molar-refractivity contribution in [3.63, 3.8) is 0 Å². The van der Waals surface area contributed by atoms with Crippen molar-refractivity contribution in [3.05, 3.63) is 29.8 Å². The number of nitrogens with two attached hydrogens (primary N) is 1. The molecule has 0 spiro atoms. The van der Waals surface area contributed by atoms with Crippen LogP contribution in [0.1, 0.15) is 18.5 Å². The Bertz CT molecular complexity index is 335. The topological polar surface area (TPSA) is 55.5 Å². The molecule has 0 aliphatic carbocycles. The number of aliphatic hydroxyl groups excluding tert-OH is 1. The number of halogens is 3. The van der Waals surface area contributed by atoms with Gasteiger partial charge < -0.3 is 15.6 Å². The van der Waals surface area contributed by atoms with Crippen LogP contribution in [0.15, 0.2) is 24.3 Å². The average Bonchev–Trinajstić information content (AvgIpc) is 2.15. The second kappa shape index (κ2) is 4.71. The van der Waals surface area contributed by atoms with Gasteiger partial charge in [-0.25, -0.2) is 0 Å². The van der Waals surface area contributed by atoms with Crippen LogP contribution >= 0.6 is 0 Å². The molecule has 1 aromatic rings. The first-order valence-corrected chi connectivity index (χ1v) is 4.59. The van der Waals surface area contributed by atoms with Crippen molar-refractivity contribution in [1.82, 2.24) is 0 Å². The van der Waals surface area contributed by atoms with E-state index in [1.54, 1.807) is 0 Å². The Morgan fingerprint density at radius 3 is 2.12 bits per heavy atom. The van der Waals surface area contributed by atoms with Crippen LogP contribution in [0.5, 0.6) is 5.75 Å². The number of benzene rings is 1. The Morgan fingerprint density at radius 2 is 1.75 bits per heavy atom. The van der Waals surface area contributed by atoms with Gasteiger partial charge in [0.1, 0.15) is 5.75 Å². The number of hydrogen-bond donors (Lipinski definition) is 2. The minimum absolute atomic E-state index is 0.311. The molecule has 0 bridgehead atoms. The summed E-state index contributed by atoms with van der Waals surface area (Å²) < 4.78 is 39.2. The molecule has 2 atom stereocenters. The molecule has 3 N–H and O–H groups in total. The lowest BCUT2D eigenvalue weighted by atomic mass is 10.0. The zero-order valence-electron chi connectivity index (χ0n) is 8.53. The Morgan fingerprint density at radius 1 is 1.25 bits per heavy atom. The monoisotopic (exact) mass is 235 g/mol. The summed E-state index contributed by atoms with van der Waals surface area (Å²) in [6.07, 6.45) is -5.47. The van der Waals surface area contributed by atoms with E-state index in [2.05, 4.69) is 4.74 Å². The summed E-state index contributed by atoms with van der Waals surface area (Å²) in [4.78, 5) is 0. The fourth-order valence-electron chi connectivity index (χ4n) is 1.17. The van der Waals surface area contributed by atoms with E-state index < -0.39 is 18.5 Å². The van der Waals surface area contributed by atoms with Crippen molar-refractivity contribution in [2.75, 3.05) is 0 Å². The van der Waals surface area contributed by atoms with Gasteiger partial charge in [0, 0.05) is 0 Å². The molecule has 3 nitrogen and oxygen atoms in total. The molecule has 1 rings (SSSR count). The molecular formula is C10H12F3NO2. The van der Waals surface area contributed by atoms with Crippen LogP contribution in [-0.2, 0) is 0 Å². The second-order valence-electron chi connectivity index (χ2n) is 3.38. The smallest absolute Gasteiger partial charge is 0.406 e. The summed E-state index contributed by atoms with van der Waals surface area (Å²) >= 11 is 0. The van der Waals surface area contributed by atoms with E-state index in [0.29, 0.717) is 5.56 Å². The predicted molar refractivity (Wildman–Crippen MR) is 51.7 cm³/mol. The van der Waals surface area contributed by atoms with Crippen molar-refractivity contribution >= 4 is 0 Å². The summed E-state index contributed by atoms with van der Waals surface area (Å²) in [6, 6.07) is 4.47. The second-order valence-corrected chi connectivity index (χ2v) is 3.38. The van der Waals surface area contributed by atoms with Gasteiger partial charge in [-0.2, -0.15) is 0 Å². The zero-order chi connectivity index (χ0) is 12.3. The third-order valence-electron chi connectivity index (χ3n) is 2.02. The van der Waals surface area contributed by atoms with Gasteiger partial charge in [-0.3, -0.25) is 0 Å². The highest BCUT2D eigenvalue weighted by Crippen LogP contribution is 2.24. The van der Waals surface area contributed by atoms with Crippen LogP contribution in [0.2, 0.25) is 0 Å². The highest BCUT2D eigenvalue weighted by Gasteiger charge is 2.31. The molecule has 0 saturated carbocycles. The molecule has 1 aromatic carbocycles. The standard InChI is InChI=1S/C10H12F3NO2/c1-6(15)9(14)7-2-4-8(5-3-7)16-10(11,12)13/h2-6,9,15H,14H2,1H3/t6-,9-/m1/s1. The van der Waals surface area contributed by atoms with Crippen LogP contribution in [0.4, 0.5) is 13.2 Å². The fourth-order valence-corrected chi connectivity index (χ4v) is 1.17. The molecule has 0 aliphatic heterocycles. The average molecular weight is 235 g/mol. The zero-order valence-corrected chi connectivity index (χ0v) is 8.53. The molecule has 0 radical (unpaired) electrons. The third kappa shape index (κ3) is 3.71. The number of hydrogen-bond acceptors (Lipinski definition) is 3. The van der Waals surface area contributed by atoms with Crippen molar-refractivity contribution in [2.45, 2.75) is 25.4 Å². The first-order chi connectivity index (χ1) is 7.29. The molecule has 0 amide bonds. The van der Waals surface area contributed by atoms with Gasteiger partial charge >= 0.3 is 6.36 Å².